The second-order valence-electron chi connectivity index (χ2n) is 5.94. The molecule has 1 saturated heterocycles. The van der Waals surface area contributed by atoms with E-state index in [4.69, 9.17) is 0 Å². The lowest BCUT2D eigenvalue weighted by atomic mass is 10.2. The van der Waals surface area contributed by atoms with Crippen molar-refractivity contribution in [3.05, 3.63) is 52.9 Å². The number of carbonyl (C=O) groups excluding carboxylic acids is 1. The topological polar surface area (TPSA) is 49.3 Å². The molecule has 1 aliphatic heterocycles. The minimum Gasteiger partial charge on any atom is -0.335 e. The number of anilines is 1. The van der Waals surface area contributed by atoms with Crippen LogP contribution in [0.25, 0.3) is 0 Å². The number of amides is 1. The predicted molar refractivity (Wildman–Crippen MR) is 85.5 cm³/mol. The Hall–Kier alpha value is -2.57. The third-order valence-electron chi connectivity index (χ3n) is 3.93. The molecule has 3 rings (SSSR count). The van der Waals surface area contributed by atoms with E-state index < -0.39 is 11.6 Å². The molecule has 0 aliphatic carbocycles. The number of halogens is 2. The van der Waals surface area contributed by atoms with Crippen LogP contribution in [0, 0.1) is 25.5 Å². The molecule has 2 heterocycles. The van der Waals surface area contributed by atoms with Gasteiger partial charge in [0, 0.05) is 31.0 Å². The van der Waals surface area contributed by atoms with Crippen molar-refractivity contribution in [1.82, 2.24) is 14.9 Å². The molecule has 2 aromatic rings. The van der Waals surface area contributed by atoms with Gasteiger partial charge in [-0.05, 0) is 37.6 Å². The third-order valence-corrected chi connectivity index (χ3v) is 3.93. The Labute approximate surface area is 138 Å². The molecule has 1 aromatic heterocycles. The number of hydrogen-bond acceptors (Lipinski definition) is 4. The van der Waals surface area contributed by atoms with Crippen LogP contribution < -0.4 is 4.90 Å². The van der Waals surface area contributed by atoms with E-state index in [1.807, 2.05) is 24.8 Å². The van der Waals surface area contributed by atoms with Crippen molar-refractivity contribution >= 4 is 11.9 Å². The van der Waals surface area contributed by atoms with Crippen molar-refractivity contribution in [2.75, 3.05) is 24.5 Å². The van der Waals surface area contributed by atoms with Crippen LogP contribution in [0.4, 0.5) is 14.7 Å². The molecule has 0 N–H and O–H groups in total. The zero-order valence-electron chi connectivity index (χ0n) is 13.6. The molecule has 0 spiro atoms. The van der Waals surface area contributed by atoms with E-state index in [2.05, 4.69) is 9.97 Å². The first-order chi connectivity index (χ1) is 11.4. The molecule has 1 aromatic carbocycles. The van der Waals surface area contributed by atoms with Gasteiger partial charge >= 0.3 is 0 Å². The molecule has 1 amide bonds. The molecule has 0 unspecified atom stereocenters. The second-order valence-corrected chi connectivity index (χ2v) is 5.94. The van der Waals surface area contributed by atoms with E-state index in [-0.39, 0.29) is 19.0 Å². The minimum atomic E-state index is -0.901. The van der Waals surface area contributed by atoms with Crippen molar-refractivity contribution in [1.29, 1.82) is 0 Å². The molecular weight excluding hydrogens is 314 g/mol. The van der Waals surface area contributed by atoms with E-state index in [1.165, 1.54) is 6.07 Å². The standard InChI is InChI=1S/C17H18F2N4O/c1-11-7-12(2)21-17(20-11)23-6-5-22(16(24)10-23)9-13-3-4-14(18)15(19)8-13/h3-4,7-8H,5-6,9-10H2,1-2H3. The first-order valence-corrected chi connectivity index (χ1v) is 7.71. The summed E-state index contributed by atoms with van der Waals surface area (Å²) in [6, 6.07) is 5.58. The van der Waals surface area contributed by atoms with Crippen LogP contribution in [0.15, 0.2) is 24.3 Å². The molecule has 24 heavy (non-hydrogen) atoms. The summed E-state index contributed by atoms with van der Waals surface area (Å²) in [6.07, 6.45) is 0. The Morgan fingerprint density at radius 1 is 1.04 bits per heavy atom. The first-order valence-electron chi connectivity index (χ1n) is 7.71. The monoisotopic (exact) mass is 332 g/mol. The summed E-state index contributed by atoms with van der Waals surface area (Å²) in [5.41, 5.74) is 2.28. The Bertz CT molecular complexity index is 761. The maximum Gasteiger partial charge on any atom is 0.242 e. The highest BCUT2D eigenvalue weighted by Gasteiger charge is 2.26. The number of rotatable bonds is 3. The lowest BCUT2D eigenvalue weighted by Crippen LogP contribution is -2.50. The van der Waals surface area contributed by atoms with Crippen LogP contribution in [0.1, 0.15) is 17.0 Å². The molecule has 1 fully saturated rings. The highest BCUT2D eigenvalue weighted by molar-refractivity contribution is 5.82. The van der Waals surface area contributed by atoms with Gasteiger partial charge < -0.3 is 9.80 Å². The number of aryl methyl sites for hydroxylation is 2. The summed E-state index contributed by atoms with van der Waals surface area (Å²) in [5, 5.41) is 0. The zero-order chi connectivity index (χ0) is 17.3. The second kappa shape index (κ2) is 6.51. The Morgan fingerprint density at radius 2 is 1.75 bits per heavy atom. The quantitative estimate of drug-likeness (QED) is 0.865. The number of benzene rings is 1. The van der Waals surface area contributed by atoms with Gasteiger partial charge in [-0.15, -0.1) is 0 Å². The SMILES string of the molecule is Cc1cc(C)nc(N2CCN(Cc3ccc(F)c(F)c3)C(=O)C2)n1. The van der Waals surface area contributed by atoms with Crippen LogP contribution in [0.3, 0.4) is 0 Å². The Kier molecular flexibility index (Phi) is 4.42. The number of aromatic nitrogens is 2. The summed E-state index contributed by atoms with van der Waals surface area (Å²) in [6.45, 7) is 5.29. The molecule has 1 aliphatic rings. The summed E-state index contributed by atoms with van der Waals surface area (Å²) in [5.74, 6) is -1.33. The van der Waals surface area contributed by atoms with E-state index in [0.29, 0.717) is 24.6 Å². The van der Waals surface area contributed by atoms with Gasteiger partial charge in [-0.1, -0.05) is 6.07 Å². The van der Waals surface area contributed by atoms with Gasteiger partial charge in [0.25, 0.3) is 0 Å². The lowest BCUT2D eigenvalue weighted by Gasteiger charge is -2.34. The number of carbonyl (C=O) groups is 1. The highest BCUT2D eigenvalue weighted by Crippen LogP contribution is 2.16. The van der Waals surface area contributed by atoms with Gasteiger partial charge in [0.15, 0.2) is 11.6 Å². The normalized spacial score (nSPS) is 15.1. The minimum absolute atomic E-state index is 0.0891. The first kappa shape index (κ1) is 16.3. The number of nitrogens with zero attached hydrogens (tertiary/aromatic N) is 4. The maximum atomic E-state index is 13.3. The van der Waals surface area contributed by atoms with Crippen molar-refractivity contribution in [3.8, 4) is 0 Å². The van der Waals surface area contributed by atoms with E-state index in [0.717, 1.165) is 23.5 Å². The van der Waals surface area contributed by atoms with Gasteiger partial charge in [0.1, 0.15) is 6.54 Å². The fourth-order valence-corrected chi connectivity index (χ4v) is 2.75. The van der Waals surface area contributed by atoms with Crippen LogP contribution in [0.5, 0.6) is 0 Å². The number of hydrogen-bond donors (Lipinski definition) is 0. The number of piperazine rings is 1. The molecule has 0 radical (unpaired) electrons. The summed E-state index contributed by atoms with van der Waals surface area (Å²) in [7, 11) is 0. The van der Waals surface area contributed by atoms with Crippen LogP contribution in [-0.4, -0.2) is 40.4 Å². The van der Waals surface area contributed by atoms with Crippen molar-refractivity contribution in [3.63, 3.8) is 0 Å². The molecule has 0 saturated carbocycles. The summed E-state index contributed by atoms with van der Waals surface area (Å²) < 4.78 is 26.3. The van der Waals surface area contributed by atoms with Gasteiger partial charge in [0.05, 0.1) is 0 Å². The zero-order valence-corrected chi connectivity index (χ0v) is 13.6. The van der Waals surface area contributed by atoms with Gasteiger partial charge in [-0.3, -0.25) is 4.79 Å². The Balaban J connectivity index is 1.68. The maximum absolute atomic E-state index is 13.3. The largest absolute Gasteiger partial charge is 0.335 e. The van der Waals surface area contributed by atoms with E-state index >= 15 is 0 Å². The molecule has 0 atom stereocenters. The van der Waals surface area contributed by atoms with Crippen molar-refractivity contribution in [2.24, 2.45) is 0 Å². The van der Waals surface area contributed by atoms with Crippen LogP contribution in [0.2, 0.25) is 0 Å². The molecule has 126 valence electrons. The third kappa shape index (κ3) is 3.50. The van der Waals surface area contributed by atoms with Gasteiger partial charge in [-0.25, -0.2) is 18.7 Å². The average molecular weight is 332 g/mol. The van der Waals surface area contributed by atoms with Crippen molar-refractivity contribution in [2.45, 2.75) is 20.4 Å². The van der Waals surface area contributed by atoms with Gasteiger partial charge in [0.2, 0.25) is 11.9 Å². The summed E-state index contributed by atoms with van der Waals surface area (Å²) in [4.78, 5) is 24.6. The Morgan fingerprint density at radius 3 is 2.38 bits per heavy atom. The van der Waals surface area contributed by atoms with E-state index in [9.17, 15) is 13.6 Å². The fourth-order valence-electron chi connectivity index (χ4n) is 2.75. The van der Waals surface area contributed by atoms with E-state index in [1.54, 1.807) is 4.90 Å². The van der Waals surface area contributed by atoms with Crippen LogP contribution in [-0.2, 0) is 11.3 Å². The van der Waals surface area contributed by atoms with Crippen LogP contribution >= 0.6 is 0 Å². The molecular formula is C17H18F2N4O. The predicted octanol–water partition coefficient (Wildman–Crippen LogP) is 2.22. The van der Waals surface area contributed by atoms with Gasteiger partial charge in [-0.2, -0.15) is 0 Å². The molecule has 7 heteroatoms. The summed E-state index contributed by atoms with van der Waals surface area (Å²) >= 11 is 0. The smallest absolute Gasteiger partial charge is 0.242 e. The highest BCUT2D eigenvalue weighted by atomic mass is 19.2. The average Bonchev–Trinajstić information content (AvgIpc) is 2.52. The fraction of sp³-hybridized carbons (Fsp3) is 0.353. The lowest BCUT2D eigenvalue weighted by molar-refractivity contribution is -0.131. The molecule has 0 bridgehead atoms. The molecule has 5 nitrogen and oxygen atoms in total. The van der Waals surface area contributed by atoms with Crippen molar-refractivity contribution < 1.29 is 13.6 Å².